The third kappa shape index (κ3) is 1.25. The van der Waals surface area contributed by atoms with Gasteiger partial charge in [0, 0.05) is 0 Å². The van der Waals surface area contributed by atoms with Crippen molar-refractivity contribution in [3.8, 4) is 0 Å². The summed E-state index contributed by atoms with van der Waals surface area (Å²) in [7, 11) is 0. The van der Waals surface area contributed by atoms with Gasteiger partial charge in [-0.3, -0.25) is 0 Å². The van der Waals surface area contributed by atoms with Crippen molar-refractivity contribution in [2.24, 2.45) is 0 Å². The van der Waals surface area contributed by atoms with Gasteiger partial charge in [-0.25, -0.2) is 0 Å². The Kier molecular flexibility index (Phi) is 1.94. The number of hydrogen-bond acceptors (Lipinski definition) is 1. The molecule has 0 aliphatic rings. The van der Waals surface area contributed by atoms with Crippen LogP contribution in [0.1, 0.15) is 0 Å². The van der Waals surface area contributed by atoms with Crippen LogP contribution in [-0.2, 0) is 12.0 Å². The van der Waals surface area contributed by atoms with Gasteiger partial charge in [-0.1, -0.05) is 18.2 Å². The van der Waals surface area contributed by atoms with Gasteiger partial charge in [-0.15, -0.1) is 0 Å². The minimum Gasteiger partial charge on any atom is -0.184 e. The van der Waals surface area contributed by atoms with Gasteiger partial charge in [-0.05, 0) is 12.1 Å². The Morgan fingerprint density at radius 3 is 2.12 bits per heavy atom. The molecule has 0 aliphatic heterocycles. The first-order valence-electron chi connectivity index (χ1n) is 2.33. The standard InChI is InChI=1S/C6H6OS/c7-8-6-4-2-1-3-5-6/h1-5,7H/p+1. The summed E-state index contributed by atoms with van der Waals surface area (Å²) in [5, 5.41) is 0. The molecule has 1 aromatic rings. The summed E-state index contributed by atoms with van der Waals surface area (Å²) in [4.78, 5) is 0.938. The second-order valence-electron chi connectivity index (χ2n) is 1.44. The van der Waals surface area contributed by atoms with Crippen LogP contribution in [0.2, 0.25) is 0 Å². The smallest absolute Gasteiger partial charge is 0.184 e. The quantitative estimate of drug-likeness (QED) is 0.446. The Balaban J connectivity index is 2.83. The molecule has 0 heterocycles. The fraction of sp³-hybridized carbons (Fsp3) is 0. The highest BCUT2D eigenvalue weighted by atomic mass is 32.2. The Labute approximate surface area is 52.6 Å². The maximum absolute atomic E-state index is 8.51. The van der Waals surface area contributed by atoms with Gasteiger partial charge < -0.3 is 0 Å². The summed E-state index contributed by atoms with van der Waals surface area (Å²) in [6.07, 6.45) is 0. The van der Waals surface area contributed by atoms with Gasteiger partial charge in [0.05, 0.1) is 0 Å². The fourth-order valence-electron chi connectivity index (χ4n) is 0.495. The first kappa shape index (κ1) is 5.66. The van der Waals surface area contributed by atoms with E-state index in [0.29, 0.717) is 12.0 Å². The Morgan fingerprint density at radius 1 is 1.12 bits per heavy atom. The summed E-state index contributed by atoms with van der Waals surface area (Å²) >= 11 is 0.349. The predicted molar refractivity (Wildman–Crippen MR) is 36.1 cm³/mol. The van der Waals surface area contributed by atoms with E-state index in [1.54, 1.807) is 0 Å². The molecular formula is C6H7OS+. The molecule has 0 fully saturated rings. The molecule has 0 bridgehead atoms. The van der Waals surface area contributed by atoms with Crippen molar-refractivity contribution in [2.75, 3.05) is 0 Å². The van der Waals surface area contributed by atoms with Crippen LogP contribution in [0.15, 0.2) is 35.2 Å². The zero-order valence-electron chi connectivity index (χ0n) is 4.28. The molecule has 1 nitrogen and oxygen atoms in total. The average Bonchev–Trinajstić information content (AvgIpc) is 1.90. The number of rotatable bonds is 1. The fourth-order valence-corrected chi connectivity index (χ4v) is 0.800. The summed E-state index contributed by atoms with van der Waals surface area (Å²) in [6, 6.07) is 9.48. The topological polar surface area (TPSA) is 20.2 Å². The summed E-state index contributed by atoms with van der Waals surface area (Å²) in [5.74, 6) is 0. The monoisotopic (exact) mass is 127 g/mol. The van der Waals surface area contributed by atoms with E-state index in [1.165, 1.54) is 0 Å². The zero-order valence-corrected chi connectivity index (χ0v) is 5.18. The van der Waals surface area contributed by atoms with Crippen molar-refractivity contribution in [1.82, 2.24) is 0 Å². The minimum absolute atomic E-state index is 0.349. The van der Waals surface area contributed by atoms with Gasteiger partial charge >= 0.3 is 0 Å². The molecular weight excluding hydrogens is 120 g/mol. The molecule has 0 spiro atoms. The first-order valence-corrected chi connectivity index (χ1v) is 3.18. The van der Waals surface area contributed by atoms with Crippen molar-refractivity contribution < 1.29 is 4.55 Å². The highest BCUT2D eigenvalue weighted by Crippen LogP contribution is 1.97. The van der Waals surface area contributed by atoms with Gasteiger partial charge in [0.25, 0.3) is 0 Å². The summed E-state index contributed by atoms with van der Waals surface area (Å²) < 4.78 is 8.51. The zero-order chi connectivity index (χ0) is 5.82. The van der Waals surface area contributed by atoms with Gasteiger partial charge in [-0.2, -0.15) is 4.55 Å². The molecule has 1 rings (SSSR count). The number of thiol groups is 1. The third-order valence-corrected chi connectivity index (χ3v) is 1.40. The van der Waals surface area contributed by atoms with E-state index in [1.807, 2.05) is 30.3 Å². The van der Waals surface area contributed by atoms with E-state index < -0.39 is 0 Å². The Morgan fingerprint density at radius 2 is 1.75 bits per heavy atom. The Hall–Kier alpha value is -0.470. The molecule has 42 valence electrons. The summed E-state index contributed by atoms with van der Waals surface area (Å²) in [6.45, 7) is 0. The van der Waals surface area contributed by atoms with Crippen LogP contribution in [0.4, 0.5) is 0 Å². The molecule has 0 saturated heterocycles. The van der Waals surface area contributed by atoms with E-state index in [9.17, 15) is 0 Å². The van der Waals surface area contributed by atoms with Crippen molar-refractivity contribution in [3.05, 3.63) is 30.3 Å². The van der Waals surface area contributed by atoms with Crippen LogP contribution >= 0.6 is 0 Å². The van der Waals surface area contributed by atoms with Gasteiger partial charge in [0.2, 0.25) is 0 Å². The minimum atomic E-state index is 0.349. The van der Waals surface area contributed by atoms with Crippen LogP contribution in [0.3, 0.4) is 0 Å². The lowest BCUT2D eigenvalue weighted by Crippen LogP contribution is -1.74. The van der Waals surface area contributed by atoms with Gasteiger partial charge in [0.15, 0.2) is 16.9 Å². The normalized spacial score (nSPS) is 9.12. The van der Waals surface area contributed by atoms with Crippen LogP contribution in [0.25, 0.3) is 0 Å². The largest absolute Gasteiger partial charge is 0.187 e. The Bertz CT molecular complexity index is 150. The lowest BCUT2D eigenvalue weighted by molar-refractivity contribution is 0.658. The molecule has 0 aliphatic carbocycles. The lowest BCUT2D eigenvalue weighted by atomic mass is 10.4. The van der Waals surface area contributed by atoms with E-state index >= 15 is 0 Å². The second kappa shape index (κ2) is 2.74. The molecule has 1 N–H and O–H groups in total. The maximum Gasteiger partial charge on any atom is 0.187 e. The lowest BCUT2D eigenvalue weighted by Gasteiger charge is -1.79. The second-order valence-corrected chi connectivity index (χ2v) is 2.15. The van der Waals surface area contributed by atoms with Crippen molar-refractivity contribution >= 4 is 12.0 Å². The summed E-state index contributed by atoms with van der Waals surface area (Å²) in [5.41, 5.74) is 0. The molecule has 0 atom stereocenters. The molecule has 0 saturated carbocycles. The highest BCUT2D eigenvalue weighted by molar-refractivity contribution is 7.72. The van der Waals surface area contributed by atoms with E-state index in [4.69, 9.17) is 4.55 Å². The van der Waals surface area contributed by atoms with Crippen molar-refractivity contribution in [2.45, 2.75) is 4.90 Å². The van der Waals surface area contributed by atoms with Crippen molar-refractivity contribution in [3.63, 3.8) is 0 Å². The SMILES string of the molecule is O[SH+]c1ccccc1. The number of benzene rings is 1. The van der Waals surface area contributed by atoms with Gasteiger partial charge in [0.1, 0.15) is 0 Å². The van der Waals surface area contributed by atoms with E-state index in [-0.39, 0.29) is 0 Å². The van der Waals surface area contributed by atoms with Crippen LogP contribution < -0.4 is 0 Å². The molecule has 0 amide bonds. The molecule has 1 aromatic carbocycles. The van der Waals surface area contributed by atoms with Crippen LogP contribution in [0, 0.1) is 0 Å². The maximum atomic E-state index is 8.51. The third-order valence-electron chi connectivity index (χ3n) is 0.872. The van der Waals surface area contributed by atoms with E-state index in [2.05, 4.69) is 0 Å². The highest BCUT2D eigenvalue weighted by Gasteiger charge is 1.92. The average molecular weight is 127 g/mol. The van der Waals surface area contributed by atoms with Crippen LogP contribution in [-0.4, -0.2) is 4.55 Å². The molecule has 2 heteroatoms. The predicted octanol–water partition coefficient (Wildman–Crippen LogP) is 1.33. The molecule has 0 radical (unpaired) electrons. The van der Waals surface area contributed by atoms with E-state index in [0.717, 1.165) is 4.90 Å². The number of hydrogen-bond donors (Lipinski definition) is 1. The molecule has 8 heavy (non-hydrogen) atoms. The first-order chi connectivity index (χ1) is 3.93. The van der Waals surface area contributed by atoms with Crippen molar-refractivity contribution in [1.29, 1.82) is 0 Å². The molecule has 0 unspecified atom stereocenters. The van der Waals surface area contributed by atoms with Crippen LogP contribution in [0.5, 0.6) is 0 Å². The molecule has 0 aromatic heterocycles.